The summed E-state index contributed by atoms with van der Waals surface area (Å²) in [7, 11) is 3.72. The number of para-hydroxylation sites is 2. The van der Waals surface area contributed by atoms with E-state index in [1.165, 1.54) is 0 Å². The Labute approximate surface area is 202 Å². The van der Waals surface area contributed by atoms with Gasteiger partial charge in [0.15, 0.2) is 5.72 Å². The number of hydrogen-bond donors (Lipinski definition) is 3. The van der Waals surface area contributed by atoms with Crippen molar-refractivity contribution in [2.24, 2.45) is 0 Å². The molecule has 2 aliphatic rings. The first kappa shape index (κ1) is 21.4. The SMILES string of the molecule is CN[C@@H]1CC2O[C@@](C)([C@@H]1OC)n1c3ccccc3c3c(CO)c(CO)c4c5ccccc5n2c4c31. The number of aliphatic hydroxyl groups is 2. The first-order valence-electron chi connectivity index (χ1n) is 12.2. The highest BCUT2D eigenvalue weighted by Gasteiger charge is 2.52. The minimum Gasteiger partial charge on any atom is -0.392 e. The third kappa shape index (κ3) is 2.42. The van der Waals surface area contributed by atoms with Gasteiger partial charge in [0, 0.05) is 41.1 Å². The highest BCUT2D eigenvalue weighted by molar-refractivity contribution is 6.25. The number of aromatic nitrogens is 2. The largest absolute Gasteiger partial charge is 0.392 e. The average molecular weight is 472 g/mol. The summed E-state index contributed by atoms with van der Waals surface area (Å²) in [4.78, 5) is 0. The second-order valence-corrected chi connectivity index (χ2v) is 9.87. The van der Waals surface area contributed by atoms with Crippen LogP contribution in [-0.2, 0) is 28.4 Å². The highest BCUT2D eigenvalue weighted by atomic mass is 16.6. The summed E-state index contributed by atoms with van der Waals surface area (Å²) in [5.41, 5.74) is 4.88. The summed E-state index contributed by atoms with van der Waals surface area (Å²) in [6, 6.07) is 16.6. The number of nitrogens with one attached hydrogen (secondary N) is 1. The summed E-state index contributed by atoms with van der Waals surface area (Å²) >= 11 is 0. The molecule has 7 heteroatoms. The van der Waals surface area contributed by atoms with Gasteiger partial charge in [-0.25, -0.2) is 0 Å². The first-order chi connectivity index (χ1) is 17.1. The van der Waals surface area contributed by atoms with Crippen LogP contribution in [0.3, 0.4) is 0 Å². The average Bonchev–Trinajstić information content (AvgIpc) is 3.38. The molecule has 1 fully saturated rings. The van der Waals surface area contributed by atoms with Crippen LogP contribution in [0.15, 0.2) is 48.5 Å². The van der Waals surface area contributed by atoms with Crippen molar-refractivity contribution in [3.63, 3.8) is 0 Å². The lowest BCUT2D eigenvalue weighted by atomic mass is 9.93. The van der Waals surface area contributed by atoms with Crippen molar-refractivity contribution < 1.29 is 19.7 Å². The second kappa shape index (κ2) is 7.29. The van der Waals surface area contributed by atoms with Gasteiger partial charge in [0.1, 0.15) is 12.3 Å². The van der Waals surface area contributed by atoms with E-state index in [-0.39, 0.29) is 31.6 Å². The maximum atomic E-state index is 10.7. The number of benzene rings is 3. The summed E-state index contributed by atoms with van der Waals surface area (Å²) in [6.45, 7) is 1.80. The van der Waals surface area contributed by atoms with Gasteiger partial charge in [-0.2, -0.15) is 0 Å². The molecule has 0 saturated carbocycles. The van der Waals surface area contributed by atoms with Crippen LogP contribution in [0.4, 0.5) is 0 Å². The van der Waals surface area contributed by atoms with Crippen LogP contribution in [0, 0.1) is 0 Å². The Balaban J connectivity index is 1.84. The maximum Gasteiger partial charge on any atom is 0.173 e. The predicted octanol–water partition coefficient (Wildman–Crippen LogP) is 4.10. The summed E-state index contributed by atoms with van der Waals surface area (Å²) in [6.07, 6.45) is 0.252. The molecule has 2 aliphatic heterocycles. The first-order valence-corrected chi connectivity index (χ1v) is 12.2. The molecule has 3 N–H and O–H groups in total. The minimum absolute atomic E-state index is 0.0557. The fraction of sp³-hybridized carbons (Fsp3) is 0.357. The monoisotopic (exact) mass is 471 g/mol. The molecule has 0 aliphatic carbocycles. The highest BCUT2D eigenvalue weighted by Crippen LogP contribution is 2.53. The van der Waals surface area contributed by atoms with Gasteiger partial charge in [0.05, 0.1) is 35.3 Å². The fourth-order valence-corrected chi connectivity index (χ4v) is 7.08. The Morgan fingerprint density at radius 3 is 2.20 bits per heavy atom. The number of likely N-dealkylation sites (N-methyl/N-ethyl adjacent to an activating group) is 1. The van der Waals surface area contributed by atoms with E-state index in [9.17, 15) is 10.2 Å². The van der Waals surface area contributed by atoms with Crippen molar-refractivity contribution >= 4 is 43.6 Å². The quantitative estimate of drug-likeness (QED) is 0.368. The minimum atomic E-state index is -0.812. The van der Waals surface area contributed by atoms with Crippen molar-refractivity contribution in [2.75, 3.05) is 14.2 Å². The lowest BCUT2D eigenvalue weighted by molar-refractivity contribution is -0.256. The van der Waals surface area contributed by atoms with E-state index >= 15 is 0 Å². The number of aliphatic hydroxyl groups excluding tert-OH is 2. The van der Waals surface area contributed by atoms with E-state index in [0.717, 1.165) is 61.2 Å². The Morgan fingerprint density at radius 2 is 1.57 bits per heavy atom. The van der Waals surface area contributed by atoms with Crippen LogP contribution in [-0.4, -0.2) is 45.7 Å². The molecular weight excluding hydrogens is 442 g/mol. The van der Waals surface area contributed by atoms with E-state index in [1.54, 1.807) is 7.11 Å². The smallest absolute Gasteiger partial charge is 0.173 e. The molecule has 2 aromatic heterocycles. The van der Waals surface area contributed by atoms with Gasteiger partial charge >= 0.3 is 0 Å². The van der Waals surface area contributed by atoms with Crippen molar-refractivity contribution in [1.29, 1.82) is 0 Å². The number of ether oxygens (including phenoxy) is 2. The molecule has 0 spiro atoms. The predicted molar refractivity (Wildman–Crippen MR) is 136 cm³/mol. The van der Waals surface area contributed by atoms with Gasteiger partial charge in [-0.1, -0.05) is 36.4 Å². The van der Waals surface area contributed by atoms with E-state index in [0.29, 0.717) is 0 Å². The lowest BCUT2D eigenvalue weighted by Gasteiger charge is -2.48. The molecule has 2 bridgehead atoms. The van der Waals surface area contributed by atoms with Crippen LogP contribution in [0.1, 0.15) is 30.7 Å². The number of rotatable bonds is 4. The zero-order chi connectivity index (χ0) is 24.1. The molecule has 3 aromatic carbocycles. The molecule has 1 saturated heterocycles. The lowest BCUT2D eigenvalue weighted by Crippen LogP contribution is -2.59. The molecule has 1 unspecified atom stereocenters. The van der Waals surface area contributed by atoms with Gasteiger partial charge < -0.3 is 34.1 Å². The number of methoxy groups -OCH3 is 1. The van der Waals surface area contributed by atoms with Gasteiger partial charge in [0.25, 0.3) is 0 Å². The summed E-state index contributed by atoms with van der Waals surface area (Å²) in [5, 5.41) is 28.9. The molecular formula is C28H29N3O4. The third-order valence-electron chi connectivity index (χ3n) is 8.37. The van der Waals surface area contributed by atoms with Gasteiger partial charge in [0.2, 0.25) is 0 Å². The molecule has 7 rings (SSSR count). The molecule has 35 heavy (non-hydrogen) atoms. The van der Waals surface area contributed by atoms with E-state index in [1.807, 2.05) is 31.3 Å². The van der Waals surface area contributed by atoms with Crippen LogP contribution >= 0.6 is 0 Å². The summed E-state index contributed by atoms with van der Waals surface area (Å²) in [5.74, 6) is 0. The molecule has 7 nitrogen and oxygen atoms in total. The Morgan fingerprint density at radius 1 is 0.971 bits per heavy atom. The molecule has 5 aromatic rings. The molecule has 0 radical (unpaired) electrons. The fourth-order valence-electron chi connectivity index (χ4n) is 7.08. The van der Waals surface area contributed by atoms with Gasteiger partial charge in [-0.15, -0.1) is 0 Å². The van der Waals surface area contributed by atoms with Crippen LogP contribution in [0.2, 0.25) is 0 Å². The Bertz CT molecular complexity index is 1650. The van der Waals surface area contributed by atoms with Gasteiger partial charge in [-0.3, -0.25) is 0 Å². The normalized spacial score (nSPS) is 25.9. The van der Waals surface area contributed by atoms with Crippen molar-refractivity contribution in [2.45, 2.75) is 50.7 Å². The van der Waals surface area contributed by atoms with Crippen LogP contribution in [0.25, 0.3) is 43.6 Å². The maximum absolute atomic E-state index is 10.7. The second-order valence-electron chi connectivity index (χ2n) is 9.87. The van der Waals surface area contributed by atoms with Crippen molar-refractivity contribution in [3.05, 3.63) is 59.7 Å². The third-order valence-corrected chi connectivity index (χ3v) is 8.37. The topological polar surface area (TPSA) is 80.8 Å². The molecule has 180 valence electrons. The number of hydrogen-bond acceptors (Lipinski definition) is 5. The zero-order valence-electron chi connectivity index (χ0n) is 20.1. The Kier molecular flexibility index (Phi) is 4.45. The van der Waals surface area contributed by atoms with Crippen LogP contribution < -0.4 is 5.32 Å². The number of fused-ring (bicyclic) bond motifs is 10. The standard InChI is InChI=1S/C28H29N3O4/c1-28-27(34-3)19(29-2)12-22(35-28)30-20-10-6-4-8-15(20)23-17(13-32)18(14-33)24-16-9-5-7-11-21(16)31(28)26(24)25(23)30/h4-11,19,22,27,29,32-33H,12-14H2,1-3H3/t19-,22?,27-,28+/m1/s1. The van der Waals surface area contributed by atoms with Crippen LogP contribution in [0.5, 0.6) is 0 Å². The summed E-state index contributed by atoms with van der Waals surface area (Å²) < 4.78 is 17.8. The van der Waals surface area contributed by atoms with Gasteiger partial charge in [-0.05, 0) is 37.2 Å². The zero-order valence-corrected chi connectivity index (χ0v) is 20.1. The van der Waals surface area contributed by atoms with E-state index in [4.69, 9.17) is 9.47 Å². The Hall–Kier alpha value is -2.94. The van der Waals surface area contributed by atoms with Crippen molar-refractivity contribution in [1.82, 2.24) is 14.5 Å². The molecule has 4 heterocycles. The van der Waals surface area contributed by atoms with Crippen molar-refractivity contribution in [3.8, 4) is 0 Å². The molecule has 0 amide bonds. The number of nitrogens with zero attached hydrogens (tertiary/aromatic N) is 2. The molecule has 4 atom stereocenters. The van der Waals surface area contributed by atoms with E-state index < -0.39 is 5.72 Å². The van der Waals surface area contributed by atoms with E-state index in [2.05, 4.69) is 45.6 Å².